The van der Waals surface area contributed by atoms with E-state index in [4.69, 9.17) is 0 Å². The minimum absolute atomic E-state index is 0.183. The largest absolute Gasteiger partial charge is 0.272 e. The average Bonchev–Trinajstić information content (AvgIpc) is 3.44. The van der Waals surface area contributed by atoms with Crippen LogP contribution in [-0.4, -0.2) is 4.92 Å². The van der Waals surface area contributed by atoms with Crippen LogP contribution in [0.25, 0.3) is 21.9 Å². The van der Waals surface area contributed by atoms with Crippen LogP contribution in [0.15, 0.2) is 206 Å². The maximum atomic E-state index is 10.2. The molecule has 3 heteroatoms. The fraction of sp³-hybridized carbons (Fsp3) is 0.333. The van der Waals surface area contributed by atoms with Gasteiger partial charge in [0.05, 0.1) is 4.92 Å². The van der Waals surface area contributed by atoms with E-state index >= 15 is 0 Å². The molecule has 72 heavy (non-hydrogen) atoms. The number of fused-ring (bicyclic) bond motifs is 1. The monoisotopic (exact) mass is 974 g/mol. The molecular formula is C69H99NO2. The minimum atomic E-state index is -0.380. The van der Waals surface area contributed by atoms with Gasteiger partial charge in [0.25, 0.3) is 5.69 Å². The van der Waals surface area contributed by atoms with Crippen LogP contribution in [0.3, 0.4) is 0 Å². The molecule has 392 valence electrons. The van der Waals surface area contributed by atoms with Gasteiger partial charge in [-0.05, 0) is 86.9 Å². The number of hydrogen-bond acceptors (Lipinski definition) is 2. The summed E-state index contributed by atoms with van der Waals surface area (Å²) in [5.74, 6) is 0.884. The fourth-order valence-electron chi connectivity index (χ4n) is 5.42. The van der Waals surface area contributed by atoms with Gasteiger partial charge in [-0.25, -0.2) is 0 Å². The lowest BCUT2D eigenvalue weighted by atomic mass is 10.0. The van der Waals surface area contributed by atoms with Gasteiger partial charge in [0.1, 0.15) is 0 Å². The van der Waals surface area contributed by atoms with Crippen molar-refractivity contribution >= 4 is 16.5 Å². The van der Waals surface area contributed by atoms with Gasteiger partial charge in [0.15, 0.2) is 0 Å². The number of para-hydroxylation sites is 1. The van der Waals surface area contributed by atoms with Gasteiger partial charge in [-0.1, -0.05) is 326 Å². The van der Waals surface area contributed by atoms with E-state index in [1.807, 2.05) is 99.6 Å². The summed E-state index contributed by atoms with van der Waals surface area (Å²) >= 11 is 0. The highest BCUT2D eigenvalue weighted by atomic mass is 16.6. The first-order chi connectivity index (χ1) is 34.8. The van der Waals surface area contributed by atoms with Crippen LogP contribution in [0.4, 0.5) is 5.69 Å². The van der Waals surface area contributed by atoms with Gasteiger partial charge in [-0.15, -0.1) is 0 Å². The van der Waals surface area contributed by atoms with Crippen LogP contribution in [-0.2, 0) is 6.42 Å². The lowest BCUT2D eigenvalue weighted by Crippen LogP contribution is -1.89. The average molecular weight is 975 g/mol. The van der Waals surface area contributed by atoms with Crippen LogP contribution in [0, 0.1) is 57.6 Å². The number of rotatable bonds is 4. The van der Waals surface area contributed by atoms with E-state index in [2.05, 4.69) is 214 Å². The molecule has 0 atom stereocenters. The lowest BCUT2D eigenvalue weighted by molar-refractivity contribution is -0.385. The molecule has 0 aliphatic carbocycles. The smallest absolute Gasteiger partial charge is 0.258 e. The van der Waals surface area contributed by atoms with Crippen molar-refractivity contribution in [3.05, 3.63) is 255 Å². The van der Waals surface area contributed by atoms with Crippen molar-refractivity contribution in [3.63, 3.8) is 0 Å². The number of nitrogens with zero attached hydrogens (tertiary/aromatic N) is 1. The van der Waals surface area contributed by atoms with Crippen LogP contribution in [0.2, 0.25) is 0 Å². The van der Waals surface area contributed by atoms with E-state index in [1.54, 1.807) is 25.1 Å². The minimum Gasteiger partial charge on any atom is -0.258 e. The first-order valence-electron chi connectivity index (χ1n) is 26.7. The highest BCUT2D eigenvalue weighted by molar-refractivity contribution is 5.85. The molecule has 0 saturated carbocycles. The summed E-state index contributed by atoms with van der Waals surface area (Å²) in [4.78, 5) is 9.85. The zero-order chi connectivity index (χ0) is 55.5. The Morgan fingerprint density at radius 3 is 1.04 bits per heavy atom. The topological polar surface area (TPSA) is 43.1 Å². The maximum Gasteiger partial charge on any atom is 0.272 e. The highest BCUT2D eigenvalue weighted by Crippen LogP contribution is 2.19. The summed E-state index contributed by atoms with van der Waals surface area (Å²) in [5, 5.41) is 12.9. The second-order valence-electron chi connectivity index (χ2n) is 15.5. The Bertz CT molecular complexity index is 2330. The fourth-order valence-corrected chi connectivity index (χ4v) is 5.42. The third-order valence-electron chi connectivity index (χ3n) is 9.70. The number of nitro benzene ring substituents is 1. The van der Waals surface area contributed by atoms with Crippen LogP contribution >= 0.6 is 0 Å². The molecule has 3 nitrogen and oxygen atoms in total. The van der Waals surface area contributed by atoms with Crippen molar-refractivity contribution < 1.29 is 4.92 Å². The molecule has 0 heterocycles. The van der Waals surface area contributed by atoms with Gasteiger partial charge in [0.2, 0.25) is 0 Å². The van der Waals surface area contributed by atoms with E-state index < -0.39 is 0 Å². The molecule has 0 aromatic heterocycles. The van der Waals surface area contributed by atoms with E-state index in [-0.39, 0.29) is 10.6 Å². The van der Waals surface area contributed by atoms with Crippen molar-refractivity contribution in [2.75, 3.05) is 0 Å². The first-order valence-corrected chi connectivity index (χ1v) is 26.7. The van der Waals surface area contributed by atoms with Crippen molar-refractivity contribution in [1.29, 1.82) is 0 Å². The Morgan fingerprint density at radius 2 is 0.694 bits per heavy atom. The first kappa shape index (κ1) is 72.0. The van der Waals surface area contributed by atoms with Crippen molar-refractivity contribution in [3.8, 4) is 11.1 Å². The summed E-state index contributed by atoms with van der Waals surface area (Å²) in [6, 6.07) is 69.7. The predicted octanol–water partition coefficient (Wildman–Crippen LogP) is 22.4. The second kappa shape index (κ2) is 50.8. The summed E-state index contributed by atoms with van der Waals surface area (Å²) in [6.45, 7) is 41.0. The number of benzene rings is 8. The van der Waals surface area contributed by atoms with Crippen molar-refractivity contribution in [1.82, 2.24) is 0 Å². The molecule has 0 radical (unpaired) electrons. The molecule has 0 aliphatic heterocycles. The van der Waals surface area contributed by atoms with E-state index in [9.17, 15) is 10.1 Å². The molecule has 0 aliphatic rings. The molecule has 8 rings (SSSR count). The van der Waals surface area contributed by atoms with Crippen LogP contribution in [0.5, 0.6) is 0 Å². The van der Waals surface area contributed by atoms with Crippen molar-refractivity contribution in [2.24, 2.45) is 5.92 Å². The van der Waals surface area contributed by atoms with Gasteiger partial charge >= 0.3 is 0 Å². The molecule has 8 aromatic carbocycles. The highest BCUT2D eigenvalue weighted by Gasteiger charge is 2.06. The summed E-state index contributed by atoms with van der Waals surface area (Å²) < 4.78 is 0. The Labute approximate surface area is 443 Å². The number of aryl methyl sites for hydroxylation is 7. The maximum absolute atomic E-state index is 10.2. The van der Waals surface area contributed by atoms with Gasteiger partial charge < -0.3 is 0 Å². The third kappa shape index (κ3) is 37.3. The predicted molar refractivity (Wildman–Crippen MR) is 328 cm³/mol. The summed E-state index contributed by atoms with van der Waals surface area (Å²) in [5.41, 5.74) is 11.5. The molecule has 0 saturated heterocycles. The Balaban J connectivity index is -0.000000369. The zero-order valence-corrected chi connectivity index (χ0v) is 48.9. The van der Waals surface area contributed by atoms with E-state index in [1.165, 1.54) is 67.8 Å². The lowest BCUT2D eigenvalue weighted by Gasteiger charge is -2.00. The standard InChI is InChI=1S/C13H12.C11H10.2C8H10.C7H7NO2.C7H8.C5H12.5C2H6/c1-11-7-9-13(10-8-11)12-5-3-2-4-6-12;1-9-5-4-7-10-6-2-3-8-11(9)10;1-7-3-5-8(2)6-4-7;1-2-8-6-4-3-5-7-8;1-6-4-2-3-5-7(6)8(9)10;1-7-5-3-2-4-6-7;1-4-5(2)3;5*1-2/h2-10H,1H3;2-8H,1H3;3-6H,1-2H3;3-7H,2H2,1H3;2-5H,1H3;2-6H,1H3;5H,4H2,1-3H3;5*1-2H3. The molecule has 0 fully saturated rings. The number of nitro groups is 1. The Hall–Kier alpha value is -6.58. The van der Waals surface area contributed by atoms with E-state index in [0.717, 1.165) is 12.3 Å². The van der Waals surface area contributed by atoms with Gasteiger partial charge in [-0.2, -0.15) is 0 Å². The molecular weight excluding hydrogens is 875 g/mol. The molecule has 8 aromatic rings. The zero-order valence-electron chi connectivity index (χ0n) is 48.9. The molecule has 0 bridgehead atoms. The molecule has 0 unspecified atom stereocenters. The molecule has 0 N–H and O–H groups in total. The number of hydrogen-bond donors (Lipinski definition) is 0. The summed E-state index contributed by atoms with van der Waals surface area (Å²) in [7, 11) is 0. The normalized spacial score (nSPS) is 8.62. The van der Waals surface area contributed by atoms with Crippen LogP contribution < -0.4 is 0 Å². The molecule has 0 spiro atoms. The SMILES string of the molecule is CC.CC.CC.CC.CC.CCC(C)C.CCc1ccccc1.Cc1ccc(-c2ccccc2)cc1.Cc1ccc(C)cc1.Cc1cccc2ccccc12.Cc1ccccc1.Cc1ccccc1[N+](=O)[O-]. The van der Waals surface area contributed by atoms with Gasteiger partial charge in [-0.3, -0.25) is 10.1 Å². The summed E-state index contributed by atoms with van der Waals surface area (Å²) in [6.07, 6.45) is 2.45. The van der Waals surface area contributed by atoms with Gasteiger partial charge in [0, 0.05) is 11.6 Å². The third-order valence-corrected chi connectivity index (χ3v) is 9.70. The van der Waals surface area contributed by atoms with Crippen LogP contribution in [0.1, 0.15) is 142 Å². The molecule has 0 amide bonds. The Morgan fingerprint density at radius 1 is 0.375 bits per heavy atom. The Kier molecular flexibility index (Phi) is 50.8. The quantitative estimate of drug-likeness (QED) is 0.130. The van der Waals surface area contributed by atoms with E-state index in [0.29, 0.717) is 5.56 Å². The second-order valence-corrected chi connectivity index (χ2v) is 15.5. The van der Waals surface area contributed by atoms with Crippen molar-refractivity contribution in [2.45, 2.75) is 151 Å².